The molecule has 0 aromatic heterocycles. The van der Waals surface area contributed by atoms with E-state index in [1.54, 1.807) is 0 Å². The third-order valence-electron chi connectivity index (χ3n) is 4.03. The van der Waals surface area contributed by atoms with Gasteiger partial charge in [-0.15, -0.1) is 0 Å². The van der Waals surface area contributed by atoms with Gasteiger partial charge in [0, 0.05) is 13.0 Å². The van der Waals surface area contributed by atoms with E-state index in [9.17, 15) is 4.79 Å². The minimum absolute atomic E-state index is 0.103. The molecule has 0 radical (unpaired) electrons. The van der Waals surface area contributed by atoms with E-state index < -0.39 is 0 Å². The average molecular weight is 309 g/mol. The summed E-state index contributed by atoms with van der Waals surface area (Å²) in [5.74, 6) is 0.103. The van der Waals surface area contributed by atoms with Crippen molar-refractivity contribution in [1.82, 2.24) is 5.32 Å². The highest BCUT2D eigenvalue weighted by atomic mass is 16.1. The van der Waals surface area contributed by atoms with Gasteiger partial charge in [-0.1, -0.05) is 74.9 Å². The molecule has 2 aromatic rings. The monoisotopic (exact) mass is 309 g/mol. The highest BCUT2D eigenvalue weighted by Crippen LogP contribution is 2.22. The van der Waals surface area contributed by atoms with E-state index in [0.29, 0.717) is 13.0 Å². The van der Waals surface area contributed by atoms with Gasteiger partial charge in [0.25, 0.3) is 0 Å². The lowest BCUT2D eigenvalue weighted by Gasteiger charge is -2.19. The van der Waals surface area contributed by atoms with Gasteiger partial charge in [0.15, 0.2) is 0 Å². The van der Waals surface area contributed by atoms with Crippen molar-refractivity contribution in [1.29, 1.82) is 0 Å². The van der Waals surface area contributed by atoms with Crippen molar-refractivity contribution in [3.63, 3.8) is 0 Å². The molecule has 0 aliphatic heterocycles. The molecular formula is C21H27NO. The highest BCUT2D eigenvalue weighted by molar-refractivity contribution is 5.76. The molecule has 0 unspecified atom stereocenters. The summed E-state index contributed by atoms with van der Waals surface area (Å²) in [5, 5.41) is 2.99. The van der Waals surface area contributed by atoms with Gasteiger partial charge in [0.1, 0.15) is 0 Å². The van der Waals surface area contributed by atoms with Crippen LogP contribution in [-0.4, -0.2) is 5.91 Å². The molecular weight excluding hydrogens is 282 g/mol. The fourth-order valence-corrected chi connectivity index (χ4v) is 2.54. The molecule has 2 rings (SSSR count). The van der Waals surface area contributed by atoms with Gasteiger partial charge in [-0.25, -0.2) is 0 Å². The Bertz CT molecular complexity index is 650. The molecule has 2 aromatic carbocycles. The van der Waals surface area contributed by atoms with Gasteiger partial charge < -0.3 is 5.32 Å². The van der Waals surface area contributed by atoms with Crippen molar-refractivity contribution in [2.75, 3.05) is 0 Å². The van der Waals surface area contributed by atoms with Crippen molar-refractivity contribution in [3.05, 3.63) is 70.8 Å². The second kappa shape index (κ2) is 7.45. The Morgan fingerprint density at radius 1 is 1.00 bits per heavy atom. The number of carbonyl (C=O) groups is 1. The molecule has 1 N–H and O–H groups in total. The Morgan fingerprint density at radius 2 is 1.70 bits per heavy atom. The Balaban J connectivity index is 1.80. The van der Waals surface area contributed by atoms with Crippen LogP contribution in [0.2, 0.25) is 0 Å². The fraction of sp³-hybridized carbons (Fsp3) is 0.381. The predicted octanol–water partition coefficient (Wildman–Crippen LogP) is 4.54. The summed E-state index contributed by atoms with van der Waals surface area (Å²) in [4.78, 5) is 12.0. The normalized spacial score (nSPS) is 11.3. The molecule has 0 heterocycles. The molecule has 0 atom stereocenters. The summed E-state index contributed by atoms with van der Waals surface area (Å²) < 4.78 is 0. The molecule has 122 valence electrons. The minimum Gasteiger partial charge on any atom is -0.352 e. The standard InChI is InChI=1S/C21H27NO/c1-16-6-5-7-18(14-16)15-22-20(23)13-10-17-8-11-19(12-9-17)21(2,3)4/h5-9,11-12,14H,10,13,15H2,1-4H3,(H,22,23). The summed E-state index contributed by atoms with van der Waals surface area (Å²) >= 11 is 0. The minimum atomic E-state index is 0.103. The van der Waals surface area contributed by atoms with Crippen LogP contribution >= 0.6 is 0 Å². The van der Waals surface area contributed by atoms with Gasteiger partial charge >= 0.3 is 0 Å². The first-order chi connectivity index (χ1) is 10.8. The summed E-state index contributed by atoms with van der Waals surface area (Å²) in [5.41, 5.74) is 5.07. The van der Waals surface area contributed by atoms with Crippen molar-refractivity contribution in [3.8, 4) is 0 Å². The van der Waals surface area contributed by atoms with Crippen LogP contribution in [0.3, 0.4) is 0 Å². The lowest BCUT2D eigenvalue weighted by Crippen LogP contribution is -2.23. The topological polar surface area (TPSA) is 29.1 Å². The second-order valence-corrected chi connectivity index (χ2v) is 7.21. The molecule has 0 aliphatic rings. The smallest absolute Gasteiger partial charge is 0.220 e. The van der Waals surface area contributed by atoms with Crippen LogP contribution in [0.4, 0.5) is 0 Å². The van der Waals surface area contributed by atoms with Crippen LogP contribution < -0.4 is 5.32 Å². The molecule has 0 spiro atoms. The molecule has 23 heavy (non-hydrogen) atoms. The van der Waals surface area contributed by atoms with Gasteiger partial charge in [0.05, 0.1) is 0 Å². The Kier molecular flexibility index (Phi) is 5.59. The number of hydrogen-bond acceptors (Lipinski definition) is 1. The maximum absolute atomic E-state index is 12.0. The Labute approximate surface area is 139 Å². The summed E-state index contributed by atoms with van der Waals surface area (Å²) in [7, 11) is 0. The number of carbonyl (C=O) groups excluding carboxylic acids is 1. The predicted molar refractivity (Wildman–Crippen MR) is 96.5 cm³/mol. The molecule has 0 saturated carbocycles. The highest BCUT2D eigenvalue weighted by Gasteiger charge is 2.12. The lowest BCUT2D eigenvalue weighted by molar-refractivity contribution is -0.121. The molecule has 2 heteroatoms. The number of hydrogen-bond donors (Lipinski definition) is 1. The zero-order chi connectivity index (χ0) is 16.9. The van der Waals surface area contributed by atoms with Crippen LogP contribution in [0.1, 0.15) is 49.4 Å². The summed E-state index contributed by atoms with van der Waals surface area (Å²) in [6.45, 7) is 9.29. The number of rotatable bonds is 5. The van der Waals surface area contributed by atoms with Gasteiger partial charge in [0.2, 0.25) is 5.91 Å². The van der Waals surface area contributed by atoms with Gasteiger partial charge in [-0.05, 0) is 35.4 Å². The van der Waals surface area contributed by atoms with E-state index in [4.69, 9.17) is 0 Å². The molecule has 0 aliphatic carbocycles. The fourth-order valence-electron chi connectivity index (χ4n) is 2.54. The maximum atomic E-state index is 12.0. The van der Waals surface area contributed by atoms with Gasteiger partial charge in [-0.2, -0.15) is 0 Å². The third kappa shape index (κ3) is 5.55. The van der Waals surface area contributed by atoms with E-state index in [2.05, 4.69) is 69.4 Å². The van der Waals surface area contributed by atoms with E-state index in [1.807, 2.05) is 12.1 Å². The summed E-state index contributed by atoms with van der Waals surface area (Å²) in [6.07, 6.45) is 1.31. The van der Waals surface area contributed by atoms with E-state index in [0.717, 1.165) is 12.0 Å². The van der Waals surface area contributed by atoms with Gasteiger partial charge in [-0.3, -0.25) is 4.79 Å². The lowest BCUT2D eigenvalue weighted by atomic mass is 9.86. The molecule has 0 bridgehead atoms. The quantitative estimate of drug-likeness (QED) is 0.863. The molecule has 1 amide bonds. The van der Waals surface area contributed by atoms with Crippen molar-refractivity contribution in [2.24, 2.45) is 0 Å². The third-order valence-corrected chi connectivity index (χ3v) is 4.03. The Morgan fingerprint density at radius 3 is 2.30 bits per heavy atom. The van der Waals surface area contributed by atoms with E-state index in [1.165, 1.54) is 16.7 Å². The number of benzene rings is 2. The van der Waals surface area contributed by atoms with Crippen LogP contribution in [0.15, 0.2) is 48.5 Å². The van der Waals surface area contributed by atoms with Crippen molar-refractivity contribution < 1.29 is 4.79 Å². The van der Waals surface area contributed by atoms with Crippen LogP contribution in [0.25, 0.3) is 0 Å². The molecule has 2 nitrogen and oxygen atoms in total. The largest absolute Gasteiger partial charge is 0.352 e. The number of nitrogens with one attached hydrogen (secondary N) is 1. The summed E-state index contributed by atoms with van der Waals surface area (Å²) in [6, 6.07) is 16.8. The van der Waals surface area contributed by atoms with E-state index in [-0.39, 0.29) is 11.3 Å². The van der Waals surface area contributed by atoms with Crippen LogP contribution in [0.5, 0.6) is 0 Å². The first-order valence-electron chi connectivity index (χ1n) is 8.26. The van der Waals surface area contributed by atoms with Crippen LogP contribution in [-0.2, 0) is 23.2 Å². The number of amides is 1. The second-order valence-electron chi connectivity index (χ2n) is 7.21. The zero-order valence-corrected chi connectivity index (χ0v) is 14.6. The molecule has 0 saturated heterocycles. The maximum Gasteiger partial charge on any atom is 0.220 e. The Hall–Kier alpha value is -2.09. The first kappa shape index (κ1) is 17.3. The number of aryl methyl sites for hydroxylation is 2. The van der Waals surface area contributed by atoms with Crippen LogP contribution in [0, 0.1) is 6.92 Å². The first-order valence-corrected chi connectivity index (χ1v) is 8.26. The SMILES string of the molecule is Cc1cccc(CNC(=O)CCc2ccc(C(C)(C)C)cc2)c1. The van der Waals surface area contributed by atoms with Crippen molar-refractivity contribution >= 4 is 5.91 Å². The zero-order valence-electron chi connectivity index (χ0n) is 14.6. The molecule has 0 fully saturated rings. The average Bonchev–Trinajstić information content (AvgIpc) is 2.50. The van der Waals surface area contributed by atoms with Crippen molar-refractivity contribution in [2.45, 2.75) is 52.5 Å². The van der Waals surface area contributed by atoms with E-state index >= 15 is 0 Å².